The van der Waals surface area contributed by atoms with Gasteiger partial charge in [0.05, 0.1) is 11.3 Å². The number of aryl methyl sites for hydroxylation is 1. The molecule has 2 atom stereocenters. The molecule has 0 bridgehead atoms. The van der Waals surface area contributed by atoms with E-state index in [0.29, 0.717) is 18.3 Å². The van der Waals surface area contributed by atoms with Gasteiger partial charge in [-0.25, -0.2) is 4.39 Å². The summed E-state index contributed by atoms with van der Waals surface area (Å²) in [6, 6.07) is 5.86. The zero-order chi connectivity index (χ0) is 20.8. The van der Waals surface area contributed by atoms with Crippen molar-refractivity contribution >= 4 is 21.4 Å². The molecule has 0 amide bonds. The van der Waals surface area contributed by atoms with E-state index in [1.807, 2.05) is 13.0 Å². The molecule has 3 rings (SSSR count). The quantitative estimate of drug-likeness (QED) is 0.379. The van der Waals surface area contributed by atoms with Crippen LogP contribution < -0.4 is 4.74 Å². The molecule has 2 unspecified atom stereocenters. The van der Waals surface area contributed by atoms with E-state index in [-0.39, 0.29) is 5.82 Å². The van der Waals surface area contributed by atoms with Crippen LogP contribution in [0, 0.1) is 17.7 Å². The molecule has 0 aliphatic heterocycles. The smallest absolute Gasteiger partial charge is 0.182 e. The van der Waals surface area contributed by atoms with Crippen molar-refractivity contribution in [2.75, 3.05) is 6.61 Å². The lowest BCUT2D eigenvalue weighted by Gasteiger charge is -2.21. The Morgan fingerprint density at radius 3 is 2.59 bits per heavy atom. The lowest BCUT2D eigenvalue weighted by molar-refractivity contribution is 0.323. The van der Waals surface area contributed by atoms with Gasteiger partial charge in [0.2, 0.25) is 0 Å². The highest BCUT2D eigenvalue weighted by Crippen LogP contribution is 2.35. The Morgan fingerprint density at radius 1 is 1.07 bits per heavy atom. The third-order valence-electron chi connectivity index (χ3n) is 6.32. The molecule has 0 saturated heterocycles. The van der Waals surface area contributed by atoms with Gasteiger partial charge in [-0.15, -0.1) is 11.3 Å². The van der Waals surface area contributed by atoms with E-state index in [0.717, 1.165) is 28.8 Å². The van der Waals surface area contributed by atoms with Crippen molar-refractivity contribution in [2.24, 2.45) is 11.8 Å². The van der Waals surface area contributed by atoms with E-state index in [4.69, 9.17) is 4.74 Å². The third kappa shape index (κ3) is 5.72. The summed E-state index contributed by atoms with van der Waals surface area (Å²) in [6.45, 7) is 9.40. The summed E-state index contributed by atoms with van der Waals surface area (Å²) in [5.74, 6) is 1.69. The number of allylic oxidation sites excluding steroid dienone is 4. The molecule has 158 valence electrons. The average molecular weight is 415 g/mol. The van der Waals surface area contributed by atoms with Crippen molar-refractivity contribution in [1.82, 2.24) is 0 Å². The lowest BCUT2D eigenvalue weighted by atomic mass is 9.85. The topological polar surface area (TPSA) is 9.23 Å². The summed E-state index contributed by atoms with van der Waals surface area (Å²) < 4.78 is 20.7. The van der Waals surface area contributed by atoms with Gasteiger partial charge in [-0.05, 0) is 74.4 Å². The maximum absolute atomic E-state index is 14.6. The highest BCUT2D eigenvalue weighted by molar-refractivity contribution is 7.19. The van der Waals surface area contributed by atoms with E-state index in [9.17, 15) is 4.39 Å². The van der Waals surface area contributed by atoms with Crippen LogP contribution in [0.3, 0.4) is 0 Å². The third-order valence-corrected chi connectivity index (χ3v) is 7.53. The summed E-state index contributed by atoms with van der Waals surface area (Å²) in [5, 5.41) is 0.987. The summed E-state index contributed by atoms with van der Waals surface area (Å²) in [4.78, 5) is 1.25. The molecular weight excluding hydrogens is 379 g/mol. The first-order valence-corrected chi connectivity index (χ1v) is 12.1. The Hall–Kier alpha value is -1.61. The molecule has 3 heteroatoms. The van der Waals surface area contributed by atoms with Crippen LogP contribution in [0.4, 0.5) is 4.39 Å². The zero-order valence-electron chi connectivity index (χ0n) is 18.4. The van der Waals surface area contributed by atoms with Crippen LogP contribution in [0.1, 0.15) is 71.1 Å². The fourth-order valence-corrected chi connectivity index (χ4v) is 5.10. The molecule has 1 aliphatic rings. The fourth-order valence-electron chi connectivity index (χ4n) is 4.02. The van der Waals surface area contributed by atoms with Crippen LogP contribution in [0.25, 0.3) is 10.1 Å². The van der Waals surface area contributed by atoms with Crippen LogP contribution >= 0.6 is 11.3 Å². The van der Waals surface area contributed by atoms with Gasteiger partial charge in [0, 0.05) is 4.88 Å². The summed E-state index contributed by atoms with van der Waals surface area (Å²) in [7, 11) is 0. The zero-order valence-corrected chi connectivity index (χ0v) is 19.2. The van der Waals surface area contributed by atoms with Gasteiger partial charge < -0.3 is 4.74 Å². The van der Waals surface area contributed by atoms with E-state index < -0.39 is 0 Å². The number of hydrogen-bond acceptors (Lipinski definition) is 2. The van der Waals surface area contributed by atoms with Crippen molar-refractivity contribution in [3.8, 4) is 5.75 Å². The Kier molecular flexibility index (Phi) is 7.94. The molecule has 0 spiro atoms. The number of thiophene rings is 1. The van der Waals surface area contributed by atoms with E-state index in [1.165, 1.54) is 42.6 Å². The predicted molar refractivity (Wildman–Crippen MR) is 125 cm³/mol. The second-order valence-electron chi connectivity index (χ2n) is 8.50. The minimum absolute atomic E-state index is 0.212. The van der Waals surface area contributed by atoms with E-state index in [1.54, 1.807) is 23.0 Å². The Balaban J connectivity index is 1.58. The molecule has 0 N–H and O–H groups in total. The van der Waals surface area contributed by atoms with Crippen molar-refractivity contribution in [3.05, 3.63) is 52.2 Å². The van der Waals surface area contributed by atoms with E-state index >= 15 is 0 Å². The van der Waals surface area contributed by atoms with Crippen LogP contribution in [-0.4, -0.2) is 6.61 Å². The number of benzene rings is 1. The minimum atomic E-state index is -0.212. The van der Waals surface area contributed by atoms with Gasteiger partial charge in [-0.2, -0.15) is 0 Å². The summed E-state index contributed by atoms with van der Waals surface area (Å²) in [6.07, 6.45) is 13.1. The molecule has 2 aromatic rings. The monoisotopic (exact) mass is 414 g/mol. The second-order valence-corrected chi connectivity index (χ2v) is 9.64. The van der Waals surface area contributed by atoms with Crippen LogP contribution in [0.2, 0.25) is 0 Å². The fraction of sp³-hybridized carbons (Fsp3) is 0.538. The normalized spacial score (nSPS) is 16.4. The lowest BCUT2D eigenvalue weighted by Crippen LogP contribution is -2.06. The van der Waals surface area contributed by atoms with Gasteiger partial charge in [-0.3, -0.25) is 0 Å². The molecule has 0 fully saturated rings. The van der Waals surface area contributed by atoms with Gasteiger partial charge >= 0.3 is 0 Å². The van der Waals surface area contributed by atoms with Crippen molar-refractivity contribution in [2.45, 2.75) is 72.6 Å². The summed E-state index contributed by atoms with van der Waals surface area (Å²) >= 11 is 1.57. The van der Waals surface area contributed by atoms with Gasteiger partial charge in [0.25, 0.3) is 0 Å². The number of hydrogen-bond donors (Lipinski definition) is 0. The van der Waals surface area contributed by atoms with Crippen molar-refractivity contribution in [1.29, 1.82) is 0 Å². The molecule has 0 radical (unpaired) electrons. The Morgan fingerprint density at radius 2 is 1.90 bits per heavy atom. The van der Waals surface area contributed by atoms with Gasteiger partial charge in [0.15, 0.2) is 11.6 Å². The highest BCUT2D eigenvalue weighted by Gasteiger charge is 2.15. The number of halogens is 1. The molecule has 1 nitrogen and oxygen atoms in total. The summed E-state index contributed by atoms with van der Waals surface area (Å²) in [5.41, 5.74) is 3.14. The molecule has 1 aromatic carbocycles. The highest BCUT2D eigenvalue weighted by atomic mass is 32.1. The SMILES string of the molecule is CCOc1ccc2cc(CCC3=CC=C(C(C)CCC(C)CC)CC3)sc2c1F. The Labute approximate surface area is 179 Å². The first-order chi connectivity index (χ1) is 14.0. The molecule has 0 saturated carbocycles. The van der Waals surface area contributed by atoms with Crippen LogP contribution in [-0.2, 0) is 6.42 Å². The molecule has 1 heterocycles. The molecule has 29 heavy (non-hydrogen) atoms. The van der Waals surface area contributed by atoms with Crippen LogP contribution in [0.15, 0.2) is 41.5 Å². The maximum atomic E-state index is 14.6. The first-order valence-electron chi connectivity index (χ1n) is 11.2. The van der Waals surface area contributed by atoms with Crippen molar-refractivity contribution < 1.29 is 9.13 Å². The standard InChI is InChI=1S/C26H35FOS/c1-5-18(3)7-8-19(4)21-12-9-20(10-13-21)11-15-23-17-22-14-16-24(28-6-2)25(27)26(22)29-23/h9,12,14,16-19H,5-8,10-11,13,15H2,1-4H3. The second kappa shape index (κ2) is 10.4. The predicted octanol–water partition coefficient (Wildman–Crippen LogP) is 8.48. The van der Waals surface area contributed by atoms with E-state index in [2.05, 4.69) is 39.0 Å². The maximum Gasteiger partial charge on any atom is 0.182 e. The Bertz CT molecular complexity index is 876. The molecule has 1 aliphatic carbocycles. The number of fused-ring (bicyclic) bond motifs is 1. The number of rotatable bonds is 10. The van der Waals surface area contributed by atoms with Crippen LogP contribution in [0.5, 0.6) is 5.75 Å². The average Bonchev–Trinajstić information content (AvgIpc) is 3.17. The first kappa shape index (κ1) is 22.1. The van der Waals surface area contributed by atoms with Gasteiger partial charge in [0.1, 0.15) is 0 Å². The minimum Gasteiger partial charge on any atom is -0.491 e. The van der Waals surface area contributed by atoms with Gasteiger partial charge in [-0.1, -0.05) is 56.9 Å². The number of ether oxygens (including phenoxy) is 1. The molecular formula is C26H35FOS. The van der Waals surface area contributed by atoms with Crippen molar-refractivity contribution in [3.63, 3.8) is 0 Å². The molecule has 1 aromatic heterocycles. The largest absolute Gasteiger partial charge is 0.491 e.